The lowest BCUT2D eigenvalue weighted by molar-refractivity contribution is -0.139. The summed E-state index contributed by atoms with van der Waals surface area (Å²) in [6, 6.07) is -0.204. The van der Waals surface area contributed by atoms with Gasteiger partial charge in [-0.25, -0.2) is 9.97 Å². The average molecular weight is 461 g/mol. The van der Waals surface area contributed by atoms with Crippen molar-refractivity contribution in [3.63, 3.8) is 0 Å². The second-order valence-electron chi connectivity index (χ2n) is 9.82. The van der Waals surface area contributed by atoms with Crippen LogP contribution in [0.25, 0.3) is 0 Å². The minimum atomic E-state index is -4.49. The molecule has 0 spiro atoms. The van der Waals surface area contributed by atoms with Gasteiger partial charge >= 0.3 is 6.18 Å². The third-order valence-corrected chi connectivity index (χ3v) is 11.1. The third kappa shape index (κ3) is 5.03. The van der Waals surface area contributed by atoms with Crippen LogP contribution in [0.2, 0.25) is 18.1 Å². The van der Waals surface area contributed by atoms with E-state index in [1.807, 2.05) is 4.90 Å². The molecule has 2 aliphatic rings. The van der Waals surface area contributed by atoms with E-state index in [-0.39, 0.29) is 29.0 Å². The van der Waals surface area contributed by atoms with Crippen molar-refractivity contribution in [3.8, 4) is 0 Å². The number of carbonyl (C=O) groups excluding carboxylic acids is 1. The van der Waals surface area contributed by atoms with E-state index in [9.17, 15) is 23.1 Å². The molecule has 31 heavy (non-hydrogen) atoms. The predicted molar refractivity (Wildman–Crippen MR) is 112 cm³/mol. The number of rotatable bonds is 4. The standard InChI is InChI=1S/C20H31F3N4O3Si/c1-19(2,3)31(4,5)30-16-12-26(18-24-10-13(11-25-18)20(21,22)23)8-6-14(16)27-9-7-15(28)17(27)29/h10-11,14-16,28H,6-9,12H2,1-5H3/t14-,15-,16?/m1/s1. The van der Waals surface area contributed by atoms with Gasteiger partial charge in [-0.15, -0.1) is 0 Å². The highest BCUT2D eigenvalue weighted by atomic mass is 28.4. The van der Waals surface area contributed by atoms with Crippen LogP contribution in [0.1, 0.15) is 39.2 Å². The molecule has 11 heteroatoms. The first-order chi connectivity index (χ1) is 14.2. The van der Waals surface area contributed by atoms with E-state index in [1.54, 1.807) is 4.90 Å². The number of halogens is 3. The van der Waals surface area contributed by atoms with Crippen LogP contribution in [0.15, 0.2) is 12.4 Å². The first-order valence-electron chi connectivity index (χ1n) is 10.5. The SMILES string of the molecule is CC(C)(C)[Si](C)(C)OC1CN(c2ncc(C(F)(F)F)cn2)CC[C@H]1N1CC[C@@H](O)C1=O. The Morgan fingerprint density at radius 1 is 1.13 bits per heavy atom. The molecule has 0 bridgehead atoms. The fraction of sp³-hybridized carbons (Fsp3) is 0.750. The lowest BCUT2D eigenvalue weighted by Crippen LogP contribution is -2.60. The quantitative estimate of drug-likeness (QED) is 0.696. The number of carbonyl (C=O) groups is 1. The Morgan fingerprint density at radius 3 is 2.23 bits per heavy atom. The molecule has 0 aromatic carbocycles. The molecule has 1 N–H and O–H groups in total. The Kier molecular flexibility index (Phi) is 6.42. The van der Waals surface area contributed by atoms with Gasteiger partial charge in [0.25, 0.3) is 5.91 Å². The number of amides is 1. The van der Waals surface area contributed by atoms with Gasteiger partial charge in [-0.1, -0.05) is 20.8 Å². The fourth-order valence-corrected chi connectivity index (χ4v) is 5.10. The zero-order chi connectivity index (χ0) is 23.2. The van der Waals surface area contributed by atoms with E-state index in [4.69, 9.17) is 4.43 Å². The molecule has 0 saturated carbocycles. The van der Waals surface area contributed by atoms with Crippen LogP contribution < -0.4 is 4.90 Å². The first kappa shape index (κ1) is 23.9. The molecule has 3 rings (SSSR count). The second kappa shape index (κ2) is 8.32. The number of likely N-dealkylation sites (tertiary alicyclic amines) is 1. The highest BCUT2D eigenvalue weighted by Gasteiger charge is 2.46. The largest absolute Gasteiger partial charge is 0.419 e. The first-order valence-corrected chi connectivity index (χ1v) is 13.4. The zero-order valence-corrected chi connectivity index (χ0v) is 19.6. The monoisotopic (exact) mass is 460 g/mol. The zero-order valence-electron chi connectivity index (χ0n) is 18.6. The van der Waals surface area contributed by atoms with Crippen molar-refractivity contribution in [1.82, 2.24) is 14.9 Å². The van der Waals surface area contributed by atoms with E-state index in [0.717, 1.165) is 12.4 Å². The summed E-state index contributed by atoms with van der Waals surface area (Å²) < 4.78 is 45.2. The molecule has 1 amide bonds. The molecule has 174 valence electrons. The van der Waals surface area contributed by atoms with Crippen molar-refractivity contribution in [2.45, 2.75) is 76.2 Å². The van der Waals surface area contributed by atoms with E-state index < -0.39 is 26.2 Å². The number of hydrogen-bond donors (Lipinski definition) is 1. The Labute approximate surface area is 181 Å². The highest BCUT2D eigenvalue weighted by Crippen LogP contribution is 2.39. The van der Waals surface area contributed by atoms with Crippen molar-refractivity contribution in [1.29, 1.82) is 0 Å². The van der Waals surface area contributed by atoms with Crippen molar-refractivity contribution in [2.75, 3.05) is 24.5 Å². The van der Waals surface area contributed by atoms with Gasteiger partial charge in [0, 0.05) is 32.0 Å². The minimum absolute atomic E-state index is 0.0563. The van der Waals surface area contributed by atoms with Gasteiger partial charge in [0.2, 0.25) is 5.95 Å². The smallest absolute Gasteiger partial charge is 0.410 e. The number of alkyl halides is 3. The molecular formula is C20H31F3N4O3Si. The third-order valence-electron chi connectivity index (χ3n) is 6.64. The van der Waals surface area contributed by atoms with Crippen LogP contribution >= 0.6 is 0 Å². The van der Waals surface area contributed by atoms with Crippen molar-refractivity contribution in [3.05, 3.63) is 18.0 Å². The maximum absolute atomic E-state index is 12.8. The molecule has 3 atom stereocenters. The maximum Gasteiger partial charge on any atom is 0.419 e. The molecule has 1 aromatic heterocycles. The van der Waals surface area contributed by atoms with Crippen LogP contribution in [-0.2, 0) is 15.4 Å². The van der Waals surface area contributed by atoms with Crippen molar-refractivity contribution >= 4 is 20.2 Å². The molecule has 0 radical (unpaired) electrons. The van der Waals surface area contributed by atoms with E-state index in [1.165, 1.54) is 0 Å². The summed E-state index contributed by atoms with van der Waals surface area (Å²) in [4.78, 5) is 23.9. The van der Waals surface area contributed by atoms with Gasteiger partial charge in [-0.05, 0) is 31.0 Å². The molecular weight excluding hydrogens is 429 g/mol. The van der Waals surface area contributed by atoms with Crippen LogP contribution in [0.4, 0.5) is 19.1 Å². The number of aromatic nitrogens is 2. The average Bonchev–Trinajstić information content (AvgIpc) is 2.99. The van der Waals surface area contributed by atoms with Gasteiger partial charge in [0.15, 0.2) is 8.32 Å². The van der Waals surface area contributed by atoms with Crippen LogP contribution in [0.5, 0.6) is 0 Å². The van der Waals surface area contributed by atoms with E-state index in [0.29, 0.717) is 32.5 Å². The lowest BCUT2D eigenvalue weighted by Gasteiger charge is -2.47. The van der Waals surface area contributed by atoms with E-state index in [2.05, 4.69) is 43.8 Å². The second-order valence-corrected chi connectivity index (χ2v) is 14.6. The molecule has 7 nitrogen and oxygen atoms in total. The number of aliphatic hydroxyl groups excluding tert-OH is 1. The Bertz CT molecular complexity index is 798. The summed E-state index contributed by atoms with van der Waals surface area (Å²) in [5.41, 5.74) is -0.892. The molecule has 3 heterocycles. The Hall–Kier alpha value is -1.72. The summed E-state index contributed by atoms with van der Waals surface area (Å²) in [6.07, 6.45) is -3.29. The van der Waals surface area contributed by atoms with Crippen LogP contribution in [0, 0.1) is 0 Å². The minimum Gasteiger partial charge on any atom is -0.410 e. The van der Waals surface area contributed by atoms with Crippen LogP contribution in [0.3, 0.4) is 0 Å². The van der Waals surface area contributed by atoms with Crippen molar-refractivity contribution < 1.29 is 27.5 Å². The van der Waals surface area contributed by atoms with Gasteiger partial charge in [0.1, 0.15) is 6.10 Å². The highest BCUT2D eigenvalue weighted by molar-refractivity contribution is 6.74. The topological polar surface area (TPSA) is 78.8 Å². The predicted octanol–water partition coefficient (Wildman–Crippen LogP) is 3.06. The van der Waals surface area contributed by atoms with Crippen molar-refractivity contribution in [2.24, 2.45) is 0 Å². The molecule has 2 fully saturated rings. The normalized spacial score (nSPS) is 26.0. The number of anilines is 1. The summed E-state index contributed by atoms with van der Waals surface area (Å²) in [5.74, 6) is -0.0730. The van der Waals surface area contributed by atoms with Gasteiger partial charge in [-0.2, -0.15) is 13.2 Å². The van der Waals surface area contributed by atoms with Gasteiger partial charge < -0.3 is 19.3 Å². The summed E-state index contributed by atoms with van der Waals surface area (Å²) in [6.45, 7) is 11.9. The Morgan fingerprint density at radius 2 is 1.74 bits per heavy atom. The summed E-state index contributed by atoms with van der Waals surface area (Å²) >= 11 is 0. The molecule has 1 unspecified atom stereocenters. The number of hydrogen-bond acceptors (Lipinski definition) is 6. The molecule has 1 aromatic rings. The lowest BCUT2D eigenvalue weighted by atomic mass is 10.0. The van der Waals surface area contributed by atoms with Crippen LogP contribution in [-0.4, -0.2) is 72.1 Å². The molecule has 2 saturated heterocycles. The molecule has 0 aliphatic carbocycles. The van der Waals surface area contributed by atoms with Gasteiger partial charge in [-0.3, -0.25) is 4.79 Å². The summed E-state index contributed by atoms with van der Waals surface area (Å²) in [7, 11) is -2.21. The fourth-order valence-electron chi connectivity index (χ4n) is 3.76. The number of piperidine rings is 1. The number of aliphatic hydroxyl groups is 1. The Balaban J connectivity index is 1.84. The maximum atomic E-state index is 12.8. The number of nitrogens with zero attached hydrogens (tertiary/aromatic N) is 4. The summed E-state index contributed by atoms with van der Waals surface area (Å²) in [5, 5.41) is 9.87. The van der Waals surface area contributed by atoms with Gasteiger partial charge in [0.05, 0.1) is 17.7 Å². The molecule has 2 aliphatic heterocycles. The van der Waals surface area contributed by atoms with E-state index >= 15 is 0 Å².